The van der Waals surface area contributed by atoms with Gasteiger partial charge in [0.15, 0.2) is 5.78 Å². The molecule has 1 unspecified atom stereocenters. The molecule has 1 amide bonds. The zero-order valence-electron chi connectivity index (χ0n) is 11.3. The van der Waals surface area contributed by atoms with Crippen molar-refractivity contribution in [3.8, 4) is 0 Å². The van der Waals surface area contributed by atoms with Gasteiger partial charge in [0.05, 0.1) is 11.4 Å². The minimum absolute atomic E-state index is 0.00117. The third kappa shape index (κ3) is 4.23. The molecule has 0 bridgehead atoms. The molecule has 0 spiro atoms. The van der Waals surface area contributed by atoms with Crippen molar-refractivity contribution in [3.05, 3.63) is 21.9 Å². The molecule has 1 aromatic rings. The maximum atomic E-state index is 12.0. The van der Waals surface area contributed by atoms with E-state index < -0.39 is 0 Å². The number of thiophene rings is 1. The Morgan fingerprint density at radius 1 is 1.44 bits per heavy atom. The molecule has 0 aliphatic heterocycles. The Morgan fingerprint density at radius 2 is 2.11 bits per heavy atom. The van der Waals surface area contributed by atoms with Gasteiger partial charge in [-0.05, 0) is 26.1 Å². The molecule has 1 N–H and O–H groups in total. The Kier molecular flexibility index (Phi) is 5.50. The third-order valence-corrected chi connectivity index (χ3v) is 3.75. The van der Waals surface area contributed by atoms with Crippen LogP contribution in [0.2, 0.25) is 0 Å². The van der Waals surface area contributed by atoms with E-state index in [0.717, 1.165) is 9.75 Å². The minimum Gasteiger partial charge on any atom is -0.359 e. The number of carbonyl (C=O) groups excluding carboxylic acids is 2. The summed E-state index contributed by atoms with van der Waals surface area (Å²) in [5, 5.41) is 2.61. The average molecular weight is 268 g/mol. The van der Waals surface area contributed by atoms with Crippen molar-refractivity contribution in [1.82, 2.24) is 10.2 Å². The Bertz CT molecular complexity index is 428. The van der Waals surface area contributed by atoms with Gasteiger partial charge in [-0.2, -0.15) is 0 Å². The lowest BCUT2D eigenvalue weighted by Gasteiger charge is -2.19. The molecule has 4 nitrogen and oxygen atoms in total. The van der Waals surface area contributed by atoms with Crippen LogP contribution >= 0.6 is 11.3 Å². The fraction of sp³-hybridized carbons (Fsp3) is 0.538. The van der Waals surface area contributed by atoms with E-state index in [1.165, 1.54) is 11.3 Å². The fourth-order valence-electron chi connectivity index (χ4n) is 1.77. The van der Waals surface area contributed by atoms with Crippen LogP contribution in [-0.4, -0.2) is 43.8 Å². The van der Waals surface area contributed by atoms with Crippen molar-refractivity contribution in [3.63, 3.8) is 0 Å². The van der Waals surface area contributed by atoms with Crippen molar-refractivity contribution in [1.29, 1.82) is 0 Å². The Hall–Kier alpha value is -1.20. The van der Waals surface area contributed by atoms with Gasteiger partial charge in [-0.3, -0.25) is 14.5 Å². The number of Topliss-reactive ketones (excluding diaryl/α,β-unsaturated/α-hetero) is 1. The quantitative estimate of drug-likeness (QED) is 0.796. The molecule has 0 aliphatic carbocycles. The summed E-state index contributed by atoms with van der Waals surface area (Å²) >= 11 is 1.51. The molecule has 1 heterocycles. The number of aryl methyl sites for hydroxylation is 1. The lowest BCUT2D eigenvalue weighted by Crippen LogP contribution is -2.36. The molecule has 0 saturated carbocycles. The van der Waals surface area contributed by atoms with Crippen LogP contribution in [0.3, 0.4) is 0 Å². The van der Waals surface area contributed by atoms with Gasteiger partial charge in [-0.1, -0.05) is 6.92 Å². The zero-order valence-corrected chi connectivity index (χ0v) is 12.1. The highest BCUT2D eigenvalue weighted by molar-refractivity contribution is 7.14. The summed E-state index contributed by atoms with van der Waals surface area (Å²) in [6.45, 7) is 4.77. The molecular weight excluding hydrogens is 248 g/mol. The lowest BCUT2D eigenvalue weighted by atomic mass is 10.1. The molecule has 0 fully saturated rings. The highest BCUT2D eigenvalue weighted by Crippen LogP contribution is 2.16. The van der Waals surface area contributed by atoms with E-state index in [1.807, 2.05) is 37.9 Å². The van der Waals surface area contributed by atoms with Gasteiger partial charge < -0.3 is 5.32 Å². The number of ketones is 1. The van der Waals surface area contributed by atoms with Gasteiger partial charge in [-0.25, -0.2) is 0 Å². The second-order valence-electron chi connectivity index (χ2n) is 4.55. The Labute approximate surface area is 112 Å². The number of hydrogen-bond acceptors (Lipinski definition) is 4. The third-order valence-electron chi connectivity index (χ3n) is 2.71. The molecule has 100 valence electrons. The first-order valence-electron chi connectivity index (χ1n) is 5.93. The molecule has 0 aliphatic rings. The molecule has 0 saturated heterocycles. The maximum absolute atomic E-state index is 12.0. The first-order valence-corrected chi connectivity index (χ1v) is 6.75. The second-order valence-corrected chi connectivity index (χ2v) is 5.83. The molecule has 1 atom stereocenters. The van der Waals surface area contributed by atoms with E-state index in [9.17, 15) is 9.59 Å². The van der Waals surface area contributed by atoms with Gasteiger partial charge in [0.1, 0.15) is 0 Å². The molecule has 0 aromatic carbocycles. The van der Waals surface area contributed by atoms with E-state index >= 15 is 0 Å². The van der Waals surface area contributed by atoms with Gasteiger partial charge in [0, 0.05) is 24.4 Å². The van der Waals surface area contributed by atoms with Crippen LogP contribution in [0.4, 0.5) is 0 Å². The predicted molar refractivity (Wildman–Crippen MR) is 74.1 cm³/mol. The van der Waals surface area contributed by atoms with Crippen molar-refractivity contribution < 1.29 is 9.59 Å². The van der Waals surface area contributed by atoms with E-state index in [-0.39, 0.29) is 17.6 Å². The number of amides is 1. The highest BCUT2D eigenvalue weighted by atomic mass is 32.1. The molecule has 1 rings (SSSR count). The van der Waals surface area contributed by atoms with Crippen LogP contribution in [0.1, 0.15) is 21.5 Å². The number of nitrogens with zero attached hydrogens (tertiary/aromatic N) is 1. The lowest BCUT2D eigenvalue weighted by molar-refractivity contribution is -0.124. The van der Waals surface area contributed by atoms with Gasteiger partial charge in [-0.15, -0.1) is 11.3 Å². The van der Waals surface area contributed by atoms with Crippen LogP contribution in [0.25, 0.3) is 0 Å². The van der Waals surface area contributed by atoms with Crippen molar-refractivity contribution in [2.75, 3.05) is 27.2 Å². The molecule has 0 radical (unpaired) electrons. The van der Waals surface area contributed by atoms with Crippen molar-refractivity contribution in [2.45, 2.75) is 13.8 Å². The first kappa shape index (κ1) is 14.9. The van der Waals surface area contributed by atoms with E-state index in [2.05, 4.69) is 5.32 Å². The summed E-state index contributed by atoms with van der Waals surface area (Å²) in [5.74, 6) is -0.00107. The Balaban J connectivity index is 2.47. The molecular formula is C13H20N2O2S. The monoisotopic (exact) mass is 268 g/mol. The highest BCUT2D eigenvalue weighted by Gasteiger charge is 2.16. The number of hydrogen-bond donors (Lipinski definition) is 1. The maximum Gasteiger partial charge on any atom is 0.223 e. The summed E-state index contributed by atoms with van der Waals surface area (Å²) in [4.78, 5) is 27.2. The van der Waals surface area contributed by atoms with Crippen LogP contribution in [0.5, 0.6) is 0 Å². The standard InChI is InChI=1S/C13H20N2O2S/c1-9(13(17)14-3)7-15(4)8-11(16)12-6-5-10(2)18-12/h5-6,9H,7-8H2,1-4H3,(H,14,17). The van der Waals surface area contributed by atoms with Gasteiger partial charge >= 0.3 is 0 Å². The van der Waals surface area contributed by atoms with E-state index in [0.29, 0.717) is 13.1 Å². The summed E-state index contributed by atoms with van der Waals surface area (Å²) in [7, 11) is 3.48. The minimum atomic E-state index is -0.113. The van der Waals surface area contributed by atoms with Crippen LogP contribution in [0.15, 0.2) is 12.1 Å². The number of likely N-dealkylation sites (N-methyl/N-ethyl adjacent to an activating group) is 1. The first-order chi connectivity index (χ1) is 8.43. The number of rotatable bonds is 6. The van der Waals surface area contributed by atoms with Crippen LogP contribution < -0.4 is 5.32 Å². The zero-order chi connectivity index (χ0) is 13.7. The van der Waals surface area contributed by atoms with E-state index in [1.54, 1.807) is 7.05 Å². The molecule has 5 heteroatoms. The topological polar surface area (TPSA) is 49.4 Å². The smallest absolute Gasteiger partial charge is 0.223 e. The van der Waals surface area contributed by atoms with Crippen LogP contribution in [0, 0.1) is 12.8 Å². The molecule has 1 aromatic heterocycles. The summed E-state index contributed by atoms with van der Waals surface area (Å²) in [5.41, 5.74) is 0. The second kappa shape index (κ2) is 6.66. The van der Waals surface area contributed by atoms with Gasteiger partial charge in [0.25, 0.3) is 0 Å². The summed E-state index contributed by atoms with van der Waals surface area (Å²) < 4.78 is 0. The van der Waals surface area contributed by atoms with Crippen LogP contribution in [-0.2, 0) is 4.79 Å². The van der Waals surface area contributed by atoms with Crippen molar-refractivity contribution in [2.24, 2.45) is 5.92 Å². The van der Waals surface area contributed by atoms with Gasteiger partial charge in [0.2, 0.25) is 5.91 Å². The fourth-order valence-corrected chi connectivity index (χ4v) is 2.57. The predicted octanol–water partition coefficient (Wildman–Crippen LogP) is 1.55. The van der Waals surface area contributed by atoms with E-state index in [4.69, 9.17) is 0 Å². The number of nitrogens with one attached hydrogen (secondary N) is 1. The molecule has 18 heavy (non-hydrogen) atoms. The largest absolute Gasteiger partial charge is 0.359 e. The number of carbonyl (C=O) groups is 2. The summed E-state index contributed by atoms with van der Waals surface area (Å²) in [6, 6.07) is 3.81. The SMILES string of the molecule is CNC(=O)C(C)CN(C)CC(=O)c1ccc(C)s1. The van der Waals surface area contributed by atoms with Crippen molar-refractivity contribution >= 4 is 23.0 Å². The Morgan fingerprint density at radius 3 is 2.61 bits per heavy atom. The average Bonchev–Trinajstić information content (AvgIpc) is 2.74. The normalized spacial score (nSPS) is 12.5. The summed E-state index contributed by atoms with van der Waals surface area (Å²) in [6.07, 6.45) is 0.